The zero-order valence-electron chi connectivity index (χ0n) is 20.0. The number of hydrogen-bond donors (Lipinski definition) is 3. The van der Waals surface area contributed by atoms with E-state index in [2.05, 4.69) is 16.0 Å². The number of carbonyl (C=O) groups is 3. The molecule has 0 bridgehead atoms. The molecule has 3 rings (SSSR count). The van der Waals surface area contributed by atoms with Crippen molar-refractivity contribution in [3.05, 3.63) is 82.0 Å². The summed E-state index contributed by atoms with van der Waals surface area (Å²) in [6, 6.07) is 15.6. The van der Waals surface area contributed by atoms with Gasteiger partial charge in [-0.1, -0.05) is 19.9 Å². The molecular formula is C25H28N4O5S2. The molecule has 36 heavy (non-hydrogen) atoms. The van der Waals surface area contributed by atoms with E-state index in [0.29, 0.717) is 41.3 Å². The van der Waals surface area contributed by atoms with Gasteiger partial charge in [-0.3, -0.25) is 14.4 Å². The Balaban J connectivity index is 1.50. The van der Waals surface area contributed by atoms with E-state index >= 15 is 0 Å². The third-order valence-electron chi connectivity index (χ3n) is 5.31. The SMILES string of the molecule is CCN(CC)S(=O)(=O)c1ccc(C(=O)Nc2ccc(C(=O)NCCNC(=O)c3cccs3)cc2)cc1. The molecule has 0 aliphatic carbocycles. The summed E-state index contributed by atoms with van der Waals surface area (Å²) in [5.41, 5.74) is 1.20. The standard InChI is InChI=1S/C25H28N4O5S2/c1-3-29(4-2)36(33,34)21-13-9-19(10-14-21)24(31)28-20-11-7-18(8-12-20)23(30)26-15-16-27-25(32)22-6-5-17-35-22/h5-14,17H,3-4,15-16H2,1-2H3,(H,26,30)(H,27,32)(H,28,31). The minimum absolute atomic E-state index is 0.129. The van der Waals surface area contributed by atoms with Crippen molar-refractivity contribution < 1.29 is 22.8 Å². The average Bonchev–Trinajstić information content (AvgIpc) is 3.43. The Bertz CT molecular complexity index is 1290. The Morgan fingerprint density at radius 3 is 1.89 bits per heavy atom. The van der Waals surface area contributed by atoms with Crippen LogP contribution in [0.2, 0.25) is 0 Å². The van der Waals surface area contributed by atoms with Crippen LogP contribution < -0.4 is 16.0 Å². The molecule has 11 heteroatoms. The second-order valence-electron chi connectivity index (χ2n) is 7.63. The maximum absolute atomic E-state index is 12.6. The predicted molar refractivity (Wildman–Crippen MR) is 140 cm³/mol. The quantitative estimate of drug-likeness (QED) is 0.330. The van der Waals surface area contributed by atoms with Crippen molar-refractivity contribution >= 4 is 44.8 Å². The Kier molecular flexibility index (Phi) is 9.34. The Morgan fingerprint density at radius 2 is 1.33 bits per heavy atom. The summed E-state index contributed by atoms with van der Waals surface area (Å²) in [6.07, 6.45) is 0. The lowest BCUT2D eigenvalue weighted by Crippen LogP contribution is -2.34. The number of hydrogen-bond acceptors (Lipinski definition) is 6. The molecule has 3 amide bonds. The first-order chi connectivity index (χ1) is 17.3. The van der Waals surface area contributed by atoms with Gasteiger partial charge in [-0.25, -0.2) is 8.42 Å². The van der Waals surface area contributed by atoms with Crippen molar-refractivity contribution in [1.82, 2.24) is 14.9 Å². The van der Waals surface area contributed by atoms with Gasteiger partial charge in [0.1, 0.15) is 0 Å². The van der Waals surface area contributed by atoms with Gasteiger partial charge in [-0.2, -0.15) is 4.31 Å². The number of carbonyl (C=O) groups excluding carboxylic acids is 3. The molecule has 2 aromatic carbocycles. The van der Waals surface area contributed by atoms with Crippen molar-refractivity contribution in [2.75, 3.05) is 31.5 Å². The lowest BCUT2D eigenvalue weighted by atomic mass is 10.1. The Morgan fingerprint density at radius 1 is 0.778 bits per heavy atom. The third-order valence-corrected chi connectivity index (χ3v) is 8.24. The fourth-order valence-corrected chi connectivity index (χ4v) is 5.45. The molecule has 0 fully saturated rings. The number of benzene rings is 2. The number of anilines is 1. The Labute approximate surface area is 214 Å². The third kappa shape index (κ3) is 6.78. The molecule has 3 aromatic rings. The highest BCUT2D eigenvalue weighted by Gasteiger charge is 2.21. The normalized spacial score (nSPS) is 11.2. The van der Waals surface area contributed by atoms with Gasteiger partial charge >= 0.3 is 0 Å². The lowest BCUT2D eigenvalue weighted by Gasteiger charge is -2.18. The summed E-state index contributed by atoms with van der Waals surface area (Å²) >= 11 is 1.35. The van der Waals surface area contributed by atoms with Gasteiger partial charge in [0.2, 0.25) is 10.0 Å². The van der Waals surface area contributed by atoms with Crippen LogP contribution in [0.1, 0.15) is 44.2 Å². The van der Waals surface area contributed by atoms with E-state index in [1.165, 1.54) is 39.9 Å². The van der Waals surface area contributed by atoms with E-state index in [9.17, 15) is 22.8 Å². The molecule has 1 heterocycles. The number of sulfonamides is 1. The molecule has 3 N–H and O–H groups in total. The van der Waals surface area contributed by atoms with E-state index in [4.69, 9.17) is 0 Å². The summed E-state index contributed by atoms with van der Waals surface area (Å²) < 4.78 is 26.5. The average molecular weight is 529 g/mol. The lowest BCUT2D eigenvalue weighted by molar-refractivity contribution is 0.0929. The monoisotopic (exact) mass is 528 g/mol. The number of nitrogens with one attached hydrogen (secondary N) is 3. The van der Waals surface area contributed by atoms with Gasteiger partial charge in [0, 0.05) is 43.0 Å². The van der Waals surface area contributed by atoms with Crippen LogP contribution >= 0.6 is 11.3 Å². The fourth-order valence-electron chi connectivity index (χ4n) is 3.35. The second kappa shape index (κ2) is 12.4. The molecule has 0 aliphatic rings. The minimum atomic E-state index is -3.60. The minimum Gasteiger partial charge on any atom is -0.350 e. The van der Waals surface area contributed by atoms with Gasteiger partial charge in [0.15, 0.2) is 0 Å². The summed E-state index contributed by atoms with van der Waals surface area (Å²) in [5, 5.41) is 10.0. The zero-order valence-corrected chi connectivity index (χ0v) is 21.6. The van der Waals surface area contributed by atoms with Gasteiger partial charge in [-0.05, 0) is 60.0 Å². The molecule has 0 saturated carbocycles. The number of nitrogens with zero attached hydrogens (tertiary/aromatic N) is 1. The topological polar surface area (TPSA) is 125 Å². The van der Waals surface area contributed by atoms with Crippen LogP contribution in [0, 0.1) is 0 Å². The van der Waals surface area contributed by atoms with Crippen LogP contribution in [0.4, 0.5) is 5.69 Å². The molecular weight excluding hydrogens is 500 g/mol. The van der Waals surface area contributed by atoms with Crippen molar-refractivity contribution in [2.24, 2.45) is 0 Å². The maximum atomic E-state index is 12.6. The number of thiophene rings is 1. The van der Waals surface area contributed by atoms with Gasteiger partial charge in [-0.15, -0.1) is 11.3 Å². The van der Waals surface area contributed by atoms with Gasteiger partial charge in [0.05, 0.1) is 9.77 Å². The molecule has 0 unspecified atom stereocenters. The van der Waals surface area contributed by atoms with Gasteiger partial charge < -0.3 is 16.0 Å². The van der Waals surface area contributed by atoms with E-state index in [0.717, 1.165) is 0 Å². The van der Waals surface area contributed by atoms with Crippen LogP contribution in [-0.4, -0.2) is 56.6 Å². The van der Waals surface area contributed by atoms with E-state index < -0.39 is 15.9 Å². The van der Waals surface area contributed by atoms with Crippen molar-refractivity contribution in [3.63, 3.8) is 0 Å². The molecule has 0 atom stereocenters. The van der Waals surface area contributed by atoms with E-state index in [1.54, 1.807) is 50.2 Å². The Hall–Kier alpha value is -3.54. The first kappa shape index (κ1) is 27.1. The van der Waals surface area contributed by atoms with Crippen LogP contribution in [0.3, 0.4) is 0 Å². The van der Waals surface area contributed by atoms with E-state index in [1.807, 2.05) is 5.38 Å². The van der Waals surface area contributed by atoms with E-state index in [-0.39, 0.29) is 23.3 Å². The molecule has 1 aromatic heterocycles. The van der Waals surface area contributed by atoms with Crippen LogP contribution in [-0.2, 0) is 10.0 Å². The fraction of sp³-hybridized carbons (Fsp3) is 0.240. The second-order valence-corrected chi connectivity index (χ2v) is 10.5. The summed E-state index contributed by atoms with van der Waals surface area (Å²) in [7, 11) is -3.60. The highest BCUT2D eigenvalue weighted by molar-refractivity contribution is 7.89. The highest BCUT2D eigenvalue weighted by atomic mass is 32.2. The molecule has 9 nitrogen and oxygen atoms in total. The summed E-state index contributed by atoms with van der Waals surface area (Å²) in [6.45, 7) is 4.83. The van der Waals surface area contributed by atoms with Crippen LogP contribution in [0.25, 0.3) is 0 Å². The molecule has 0 radical (unpaired) electrons. The molecule has 190 valence electrons. The summed E-state index contributed by atoms with van der Waals surface area (Å²) in [4.78, 5) is 37.5. The first-order valence-electron chi connectivity index (χ1n) is 11.4. The molecule has 0 aliphatic heterocycles. The van der Waals surface area contributed by atoms with Gasteiger partial charge in [0.25, 0.3) is 17.7 Å². The van der Waals surface area contributed by atoms with Crippen molar-refractivity contribution in [2.45, 2.75) is 18.7 Å². The van der Waals surface area contributed by atoms with Crippen molar-refractivity contribution in [3.8, 4) is 0 Å². The maximum Gasteiger partial charge on any atom is 0.261 e. The predicted octanol–water partition coefficient (Wildman–Crippen LogP) is 3.19. The smallest absolute Gasteiger partial charge is 0.261 e. The number of rotatable bonds is 11. The molecule has 0 spiro atoms. The van der Waals surface area contributed by atoms with Crippen molar-refractivity contribution in [1.29, 1.82) is 0 Å². The first-order valence-corrected chi connectivity index (χ1v) is 13.7. The van der Waals surface area contributed by atoms with Crippen LogP contribution in [0.5, 0.6) is 0 Å². The van der Waals surface area contributed by atoms with Crippen LogP contribution in [0.15, 0.2) is 70.9 Å². The largest absolute Gasteiger partial charge is 0.350 e. The molecule has 0 saturated heterocycles. The highest BCUT2D eigenvalue weighted by Crippen LogP contribution is 2.17. The number of amides is 3. The zero-order chi connectivity index (χ0) is 26.1. The summed E-state index contributed by atoms with van der Waals surface area (Å²) in [5.74, 6) is -0.886.